The Morgan fingerprint density at radius 3 is 2.32 bits per heavy atom. The van der Waals surface area contributed by atoms with Gasteiger partial charge in [0.1, 0.15) is 6.10 Å². The molecule has 0 unspecified atom stereocenters. The van der Waals surface area contributed by atoms with Crippen LogP contribution < -0.4 is 0 Å². The largest absolute Gasteiger partial charge is 0.462 e. The second-order valence-corrected chi connectivity index (χ2v) is 13.2. The number of rotatable bonds is 5. The summed E-state index contributed by atoms with van der Waals surface area (Å²) in [4.78, 5) is 11.5. The van der Waals surface area contributed by atoms with Crippen LogP contribution in [0.2, 0.25) is 0 Å². The molecule has 0 aromatic heterocycles. The minimum Gasteiger partial charge on any atom is -0.462 e. The van der Waals surface area contributed by atoms with E-state index in [0.29, 0.717) is 30.1 Å². The van der Waals surface area contributed by atoms with Crippen LogP contribution in [0.25, 0.3) is 0 Å². The van der Waals surface area contributed by atoms with Crippen molar-refractivity contribution in [1.29, 1.82) is 0 Å². The van der Waals surface area contributed by atoms with Crippen molar-refractivity contribution < 1.29 is 19.7 Å². The Kier molecular flexibility index (Phi) is 6.69. The van der Waals surface area contributed by atoms with Gasteiger partial charge in [-0.15, -0.1) is 0 Å². The Morgan fingerprint density at radius 1 is 0.971 bits per heavy atom. The van der Waals surface area contributed by atoms with Crippen molar-refractivity contribution in [3.63, 3.8) is 0 Å². The van der Waals surface area contributed by atoms with Gasteiger partial charge in [-0.3, -0.25) is 4.79 Å². The van der Waals surface area contributed by atoms with Crippen LogP contribution in [0.4, 0.5) is 0 Å². The summed E-state index contributed by atoms with van der Waals surface area (Å²) in [7, 11) is 0. The lowest BCUT2D eigenvalue weighted by molar-refractivity contribution is -0.223. The summed E-state index contributed by atoms with van der Waals surface area (Å²) in [5.41, 5.74) is -2.24. The first kappa shape index (κ1) is 25.9. The van der Waals surface area contributed by atoms with Gasteiger partial charge in [0.05, 0.1) is 11.2 Å². The van der Waals surface area contributed by atoms with Gasteiger partial charge in [0.15, 0.2) is 0 Å². The standard InChI is InChI=1S/C30H48O4/c1-19(2)20(3)8-9-21(4)24-10-11-25-27(24,6)14-13-26-28(7)15-12-23(34-22(5)31)18-29(28,32)16-17-30(25,26)33/h8-9,16-17,19-21,23-26,32-33H,10-15,18H2,1-7H3/b9-8+/t20-,21+,23+,24-,25-,26-,27+,28+,29+,30+/m0/s1. The number of carbonyl (C=O) groups excluding carboxylic acids is 1. The molecule has 0 amide bonds. The number of esters is 1. The molecule has 3 saturated carbocycles. The Bertz CT molecular complexity index is 847. The lowest BCUT2D eigenvalue weighted by Gasteiger charge is -2.64. The van der Waals surface area contributed by atoms with Gasteiger partial charge in [-0.2, -0.15) is 0 Å². The van der Waals surface area contributed by atoms with Gasteiger partial charge in [-0.05, 0) is 73.5 Å². The number of hydrogen-bond acceptors (Lipinski definition) is 4. The molecule has 192 valence electrons. The molecular formula is C30H48O4. The molecule has 0 radical (unpaired) electrons. The molecule has 0 heterocycles. The lowest BCUT2D eigenvalue weighted by atomic mass is 9.43. The molecule has 0 bridgehead atoms. The van der Waals surface area contributed by atoms with E-state index in [2.05, 4.69) is 53.7 Å². The topological polar surface area (TPSA) is 66.8 Å². The van der Waals surface area contributed by atoms with Crippen molar-refractivity contribution in [2.45, 2.75) is 111 Å². The van der Waals surface area contributed by atoms with Crippen LogP contribution >= 0.6 is 0 Å². The van der Waals surface area contributed by atoms with E-state index < -0.39 is 16.6 Å². The van der Waals surface area contributed by atoms with Gasteiger partial charge in [-0.25, -0.2) is 0 Å². The maximum absolute atomic E-state index is 12.3. The summed E-state index contributed by atoms with van der Waals surface area (Å²) < 4.78 is 5.49. The molecule has 0 aromatic carbocycles. The van der Waals surface area contributed by atoms with Crippen LogP contribution in [0.5, 0.6) is 0 Å². The van der Waals surface area contributed by atoms with Crippen LogP contribution in [0.3, 0.4) is 0 Å². The van der Waals surface area contributed by atoms with E-state index >= 15 is 0 Å². The van der Waals surface area contributed by atoms with Crippen LogP contribution in [-0.4, -0.2) is 33.5 Å². The summed E-state index contributed by atoms with van der Waals surface area (Å²) in [6.07, 6.45) is 14.6. The summed E-state index contributed by atoms with van der Waals surface area (Å²) in [6, 6.07) is 0. The fourth-order valence-corrected chi connectivity index (χ4v) is 8.64. The summed E-state index contributed by atoms with van der Waals surface area (Å²) in [5, 5.41) is 24.1. The highest BCUT2D eigenvalue weighted by Gasteiger charge is 2.68. The second-order valence-electron chi connectivity index (χ2n) is 13.2. The summed E-state index contributed by atoms with van der Waals surface area (Å²) >= 11 is 0. The van der Waals surface area contributed by atoms with Crippen molar-refractivity contribution >= 4 is 5.97 Å². The molecule has 2 N–H and O–H groups in total. The van der Waals surface area contributed by atoms with E-state index in [1.54, 1.807) is 0 Å². The number of allylic oxidation sites excluding steroid dienone is 2. The first-order valence-electron chi connectivity index (χ1n) is 13.8. The third-order valence-corrected chi connectivity index (χ3v) is 11.1. The lowest BCUT2D eigenvalue weighted by Crippen LogP contribution is -2.67. The van der Waals surface area contributed by atoms with Crippen molar-refractivity contribution in [3.05, 3.63) is 24.3 Å². The van der Waals surface area contributed by atoms with E-state index in [1.807, 2.05) is 12.2 Å². The maximum Gasteiger partial charge on any atom is 0.302 e. The average Bonchev–Trinajstić information content (AvgIpc) is 3.11. The zero-order chi connectivity index (χ0) is 25.1. The number of aliphatic hydroxyl groups is 2. The molecule has 4 aliphatic carbocycles. The number of carbonyl (C=O) groups is 1. The van der Waals surface area contributed by atoms with Gasteiger partial charge in [0.2, 0.25) is 0 Å². The smallest absolute Gasteiger partial charge is 0.302 e. The van der Waals surface area contributed by atoms with Crippen molar-refractivity contribution in [2.75, 3.05) is 0 Å². The van der Waals surface area contributed by atoms with E-state index in [0.717, 1.165) is 38.5 Å². The second kappa shape index (κ2) is 8.76. The fourth-order valence-electron chi connectivity index (χ4n) is 8.64. The predicted octanol–water partition coefficient (Wildman–Crippen LogP) is 6.07. The molecule has 0 aliphatic heterocycles. The SMILES string of the molecule is CC(=O)O[C@@H]1CC[C@]2(C)[C@@H]3CC[C@@]4(C)[C@H](CC[C@H]4[C@H](C)/C=C/[C@H](C)C(C)C)[C@]3(O)C=C[C@@]2(O)C1. The molecular weight excluding hydrogens is 424 g/mol. The minimum atomic E-state index is -1.04. The number of fused-ring (bicyclic) bond motifs is 5. The van der Waals surface area contributed by atoms with E-state index in [1.165, 1.54) is 6.92 Å². The number of hydrogen-bond donors (Lipinski definition) is 2. The molecule has 3 fully saturated rings. The monoisotopic (exact) mass is 472 g/mol. The van der Waals surface area contributed by atoms with Gasteiger partial charge in [-0.1, -0.05) is 65.8 Å². The van der Waals surface area contributed by atoms with Crippen LogP contribution in [0, 0.1) is 46.3 Å². The third kappa shape index (κ3) is 3.92. The van der Waals surface area contributed by atoms with Crippen molar-refractivity contribution in [3.8, 4) is 0 Å². The minimum absolute atomic E-state index is 0.0249. The van der Waals surface area contributed by atoms with Crippen LogP contribution in [0.1, 0.15) is 93.4 Å². The molecule has 0 aromatic rings. The van der Waals surface area contributed by atoms with E-state index in [4.69, 9.17) is 4.74 Å². The molecule has 4 aliphatic rings. The van der Waals surface area contributed by atoms with Crippen LogP contribution in [-0.2, 0) is 9.53 Å². The zero-order valence-electron chi connectivity index (χ0n) is 22.5. The maximum atomic E-state index is 12.3. The fraction of sp³-hybridized carbons (Fsp3) is 0.833. The molecule has 4 nitrogen and oxygen atoms in total. The summed E-state index contributed by atoms with van der Waals surface area (Å²) in [5.74, 6) is 2.24. The highest BCUT2D eigenvalue weighted by Crippen LogP contribution is 2.69. The first-order chi connectivity index (χ1) is 15.8. The third-order valence-electron chi connectivity index (χ3n) is 11.1. The zero-order valence-corrected chi connectivity index (χ0v) is 22.5. The Labute approximate surface area is 207 Å². The highest BCUT2D eigenvalue weighted by molar-refractivity contribution is 5.66. The quantitative estimate of drug-likeness (QED) is 0.377. The number of ether oxygens (including phenoxy) is 1. The van der Waals surface area contributed by atoms with Gasteiger partial charge >= 0.3 is 5.97 Å². The van der Waals surface area contributed by atoms with Crippen molar-refractivity contribution in [2.24, 2.45) is 46.3 Å². The van der Waals surface area contributed by atoms with Gasteiger partial charge in [0, 0.05) is 24.7 Å². The van der Waals surface area contributed by atoms with Gasteiger partial charge < -0.3 is 14.9 Å². The molecule has 34 heavy (non-hydrogen) atoms. The van der Waals surface area contributed by atoms with Crippen LogP contribution in [0.15, 0.2) is 24.3 Å². The average molecular weight is 473 g/mol. The normalized spacial score (nSPS) is 47.7. The highest BCUT2D eigenvalue weighted by atomic mass is 16.5. The van der Waals surface area contributed by atoms with Gasteiger partial charge in [0.25, 0.3) is 0 Å². The summed E-state index contributed by atoms with van der Waals surface area (Å²) in [6.45, 7) is 15.3. The first-order valence-corrected chi connectivity index (χ1v) is 13.8. The predicted molar refractivity (Wildman–Crippen MR) is 136 cm³/mol. The van der Waals surface area contributed by atoms with Crippen molar-refractivity contribution in [1.82, 2.24) is 0 Å². The molecule has 0 spiro atoms. The Morgan fingerprint density at radius 2 is 1.68 bits per heavy atom. The molecule has 4 heteroatoms. The van der Waals surface area contributed by atoms with E-state index in [-0.39, 0.29) is 29.3 Å². The van der Waals surface area contributed by atoms with E-state index in [9.17, 15) is 15.0 Å². The molecule has 4 rings (SSSR count). The Hall–Kier alpha value is -1.13. The Balaban J connectivity index is 1.60. The molecule has 0 saturated heterocycles. The molecule has 10 atom stereocenters.